The molecule has 3 nitrogen and oxygen atoms in total. The molecule has 0 aromatic rings. The van der Waals surface area contributed by atoms with Crippen LogP contribution in [0.1, 0.15) is 38.5 Å². The second-order valence-electron chi connectivity index (χ2n) is 4.01. The molecule has 1 aliphatic carbocycles. The largest absolute Gasteiger partial charge is 0.505 e. The van der Waals surface area contributed by atoms with E-state index in [1.807, 2.05) is 0 Å². The Labute approximate surface area is 80.6 Å². The van der Waals surface area contributed by atoms with Gasteiger partial charge in [-0.2, -0.15) is 4.89 Å². The maximum atomic E-state index is 10.4. The third-order valence-corrected chi connectivity index (χ3v) is 3.49. The third-order valence-electron chi connectivity index (χ3n) is 2.79. The lowest BCUT2D eigenvalue weighted by atomic mass is 10.0. The van der Waals surface area contributed by atoms with E-state index < -0.39 is 8.03 Å². The Morgan fingerprint density at radius 2 is 2.15 bits per heavy atom. The molecule has 0 aliphatic heterocycles. The topological polar surface area (TPSA) is 63.3 Å². The smallest absolute Gasteiger partial charge is 0.328 e. The first-order valence-corrected chi connectivity index (χ1v) is 6.47. The van der Waals surface area contributed by atoms with Gasteiger partial charge in [0.1, 0.15) is 0 Å². The quantitative estimate of drug-likeness (QED) is 0.532. The highest BCUT2D eigenvalue weighted by atomic mass is 31.1. The molecule has 0 bridgehead atoms. The summed E-state index contributed by atoms with van der Waals surface area (Å²) in [5, 5.41) is 0. The average molecular weight is 204 g/mol. The second kappa shape index (κ2) is 5.69. The minimum Gasteiger partial charge on any atom is -0.328 e. The van der Waals surface area contributed by atoms with Gasteiger partial charge in [0.15, 0.2) is 6.16 Å². The lowest BCUT2D eigenvalue weighted by Crippen LogP contribution is -2.14. The van der Waals surface area contributed by atoms with Crippen LogP contribution < -0.4 is 5.73 Å². The van der Waals surface area contributed by atoms with Crippen LogP contribution >= 0.6 is 8.03 Å². The van der Waals surface area contributed by atoms with Crippen LogP contribution in [-0.2, 0) is 4.57 Å². The zero-order chi connectivity index (χ0) is 9.68. The maximum Gasteiger partial charge on any atom is 0.505 e. The van der Waals surface area contributed by atoms with Gasteiger partial charge in [0, 0.05) is 6.04 Å². The van der Waals surface area contributed by atoms with E-state index in [9.17, 15) is 4.57 Å². The highest BCUT2D eigenvalue weighted by molar-refractivity contribution is 7.37. The Kier molecular flexibility index (Phi) is 4.86. The molecule has 13 heavy (non-hydrogen) atoms. The van der Waals surface area contributed by atoms with Crippen LogP contribution in [0.5, 0.6) is 0 Å². The summed E-state index contributed by atoms with van der Waals surface area (Å²) in [6.45, 7) is 0. The van der Waals surface area contributed by atoms with Gasteiger partial charge in [-0.05, 0) is 42.6 Å². The summed E-state index contributed by atoms with van der Waals surface area (Å²) in [6.07, 6.45) is 7.21. The first-order chi connectivity index (χ1) is 6.18. The lowest BCUT2D eigenvalue weighted by Gasteiger charge is -2.06. The van der Waals surface area contributed by atoms with Crippen molar-refractivity contribution >= 4 is 8.03 Å². The van der Waals surface area contributed by atoms with Crippen LogP contribution in [0.4, 0.5) is 0 Å². The molecule has 1 fully saturated rings. The van der Waals surface area contributed by atoms with E-state index >= 15 is 0 Å². The molecule has 0 aromatic heterocycles. The Bertz CT molecular complexity index is 175. The molecular formula is C9H19NO2P+. The molecule has 0 heterocycles. The van der Waals surface area contributed by atoms with E-state index in [2.05, 4.69) is 0 Å². The number of unbranched alkanes of at least 4 members (excludes halogenated alkanes) is 1. The summed E-state index contributed by atoms with van der Waals surface area (Å²) in [5.41, 5.74) is 5.79. The molecule has 3 atom stereocenters. The Morgan fingerprint density at radius 1 is 1.38 bits per heavy atom. The summed E-state index contributed by atoms with van der Waals surface area (Å²) >= 11 is 0. The highest BCUT2D eigenvalue weighted by Gasteiger charge is 2.21. The molecule has 4 heteroatoms. The van der Waals surface area contributed by atoms with Crippen LogP contribution in [0, 0.1) is 5.92 Å². The van der Waals surface area contributed by atoms with Crippen molar-refractivity contribution in [3.63, 3.8) is 0 Å². The van der Waals surface area contributed by atoms with E-state index in [4.69, 9.17) is 10.6 Å². The van der Waals surface area contributed by atoms with Gasteiger partial charge < -0.3 is 5.73 Å². The molecule has 1 rings (SSSR count). The second-order valence-corrected chi connectivity index (χ2v) is 5.16. The summed E-state index contributed by atoms with van der Waals surface area (Å²) in [5.74, 6) is 0.784. The van der Waals surface area contributed by atoms with Gasteiger partial charge in [0.25, 0.3) is 0 Å². The van der Waals surface area contributed by atoms with Crippen LogP contribution in [0.25, 0.3) is 0 Å². The van der Waals surface area contributed by atoms with Crippen molar-refractivity contribution in [1.29, 1.82) is 0 Å². The first kappa shape index (κ1) is 11.1. The van der Waals surface area contributed by atoms with Crippen molar-refractivity contribution in [1.82, 2.24) is 0 Å². The van der Waals surface area contributed by atoms with Gasteiger partial charge in [-0.1, -0.05) is 6.42 Å². The van der Waals surface area contributed by atoms with Gasteiger partial charge in [0.05, 0.1) is 0 Å². The molecule has 0 aromatic carbocycles. The molecule has 76 valence electrons. The van der Waals surface area contributed by atoms with Crippen molar-refractivity contribution in [2.24, 2.45) is 11.7 Å². The minimum absolute atomic E-state index is 0.416. The fraction of sp³-hybridized carbons (Fsp3) is 1.00. The van der Waals surface area contributed by atoms with Crippen molar-refractivity contribution in [3.05, 3.63) is 0 Å². The molecule has 0 amide bonds. The summed E-state index contributed by atoms with van der Waals surface area (Å²) in [7, 11) is -1.91. The number of nitrogens with two attached hydrogens (primary N) is 1. The van der Waals surface area contributed by atoms with Crippen molar-refractivity contribution < 1.29 is 9.46 Å². The molecule has 1 unspecified atom stereocenters. The van der Waals surface area contributed by atoms with Crippen LogP contribution in [0.15, 0.2) is 0 Å². The number of hydrogen-bond donors (Lipinski definition) is 2. The van der Waals surface area contributed by atoms with E-state index in [0.717, 1.165) is 25.2 Å². The summed E-state index contributed by atoms with van der Waals surface area (Å²) in [6, 6.07) is 0.416. The Morgan fingerprint density at radius 3 is 2.69 bits per heavy atom. The average Bonchev–Trinajstić information content (AvgIpc) is 2.45. The van der Waals surface area contributed by atoms with Gasteiger partial charge in [0.2, 0.25) is 0 Å². The molecule has 1 aliphatic rings. The fourth-order valence-electron chi connectivity index (χ4n) is 2.06. The standard InChI is InChI=1S/C9H18NO2P/c10-9-5-4-8(7-9)3-1-2-6-13(11)12/h8-9H,1-7,10H2/p+1/t8-,9+/m0/s1. The van der Waals surface area contributed by atoms with E-state index in [0.29, 0.717) is 12.2 Å². The fourth-order valence-corrected chi connectivity index (χ4v) is 2.55. The van der Waals surface area contributed by atoms with Gasteiger partial charge in [-0.15, -0.1) is 0 Å². The molecule has 0 saturated heterocycles. The Hall–Kier alpha value is 0.0200. The monoisotopic (exact) mass is 204 g/mol. The zero-order valence-corrected chi connectivity index (χ0v) is 8.88. The molecular weight excluding hydrogens is 185 g/mol. The highest BCUT2D eigenvalue weighted by Crippen LogP contribution is 2.29. The van der Waals surface area contributed by atoms with E-state index in [-0.39, 0.29) is 0 Å². The van der Waals surface area contributed by atoms with Crippen LogP contribution in [-0.4, -0.2) is 17.1 Å². The van der Waals surface area contributed by atoms with E-state index in [1.54, 1.807) is 0 Å². The number of hydrogen-bond acceptors (Lipinski definition) is 2. The molecule has 3 N–H and O–H groups in total. The van der Waals surface area contributed by atoms with Crippen molar-refractivity contribution in [2.75, 3.05) is 6.16 Å². The maximum absolute atomic E-state index is 10.4. The minimum atomic E-state index is -1.91. The Balaban J connectivity index is 1.97. The van der Waals surface area contributed by atoms with Crippen molar-refractivity contribution in [2.45, 2.75) is 44.6 Å². The SMILES string of the molecule is N[C@@H]1CC[C@H](CCCC[P+](=O)O)C1. The molecule has 1 saturated carbocycles. The summed E-state index contributed by atoms with van der Waals surface area (Å²) < 4.78 is 10.4. The van der Waals surface area contributed by atoms with Gasteiger partial charge in [-0.3, -0.25) is 0 Å². The molecule has 0 spiro atoms. The van der Waals surface area contributed by atoms with Crippen molar-refractivity contribution in [3.8, 4) is 0 Å². The summed E-state index contributed by atoms with van der Waals surface area (Å²) in [4.78, 5) is 8.58. The van der Waals surface area contributed by atoms with E-state index in [1.165, 1.54) is 19.3 Å². The van der Waals surface area contributed by atoms with Crippen LogP contribution in [0.3, 0.4) is 0 Å². The molecule has 0 radical (unpaired) electrons. The normalized spacial score (nSPS) is 29.2. The zero-order valence-electron chi connectivity index (χ0n) is 7.98. The number of rotatable bonds is 5. The van der Waals surface area contributed by atoms with Crippen LogP contribution in [0.2, 0.25) is 0 Å². The van der Waals surface area contributed by atoms with Gasteiger partial charge >= 0.3 is 8.03 Å². The predicted molar refractivity (Wildman–Crippen MR) is 53.9 cm³/mol. The predicted octanol–water partition coefficient (Wildman–Crippen LogP) is 2.02. The third kappa shape index (κ3) is 4.70. The van der Waals surface area contributed by atoms with Gasteiger partial charge in [-0.25, -0.2) is 0 Å². The lowest BCUT2D eigenvalue weighted by molar-refractivity contribution is 0.466. The first-order valence-electron chi connectivity index (χ1n) is 5.07.